The summed E-state index contributed by atoms with van der Waals surface area (Å²) in [4.78, 5) is 13.6. The molecule has 0 bridgehead atoms. The van der Waals surface area contributed by atoms with Crippen LogP contribution in [0.25, 0.3) is 0 Å². The first kappa shape index (κ1) is 14.2. The molecule has 3 nitrogen and oxygen atoms in total. The van der Waals surface area contributed by atoms with E-state index in [2.05, 4.69) is 20.7 Å². The van der Waals surface area contributed by atoms with Gasteiger partial charge in [0, 0.05) is 17.6 Å². The third-order valence-corrected chi connectivity index (χ3v) is 3.31. The smallest absolute Gasteiger partial charge is 0.405 e. The Bertz CT molecular complexity index is 500. The summed E-state index contributed by atoms with van der Waals surface area (Å²) in [5.41, 5.74) is -0.0880. The maximum Gasteiger partial charge on any atom is 0.573 e. The summed E-state index contributed by atoms with van der Waals surface area (Å²) in [7, 11) is 1.58. The molecule has 2 rings (SSSR count). The highest BCUT2D eigenvalue weighted by molar-refractivity contribution is 9.10. The van der Waals surface area contributed by atoms with Crippen molar-refractivity contribution in [2.45, 2.75) is 25.2 Å². The molecular weight excluding hydrogens is 327 g/mol. The number of nitrogens with zero attached hydrogens (tertiary/aromatic N) is 1. The fourth-order valence-electron chi connectivity index (χ4n) is 1.70. The molecule has 0 unspecified atom stereocenters. The summed E-state index contributed by atoms with van der Waals surface area (Å²) in [6, 6.07) is 4.10. The Morgan fingerprint density at radius 1 is 1.42 bits per heavy atom. The average Bonchev–Trinajstić information content (AvgIpc) is 3.09. The molecule has 0 N–H and O–H groups in total. The van der Waals surface area contributed by atoms with Gasteiger partial charge in [0.1, 0.15) is 5.75 Å². The Balaban J connectivity index is 2.30. The first-order valence-electron chi connectivity index (χ1n) is 5.60. The van der Waals surface area contributed by atoms with Gasteiger partial charge in [-0.1, -0.05) is 15.9 Å². The second kappa shape index (κ2) is 5.03. The topological polar surface area (TPSA) is 29.5 Å². The number of alkyl halides is 3. The van der Waals surface area contributed by atoms with Gasteiger partial charge in [-0.2, -0.15) is 0 Å². The normalized spacial score (nSPS) is 15.2. The third-order valence-electron chi connectivity index (χ3n) is 2.81. The summed E-state index contributed by atoms with van der Waals surface area (Å²) in [6.45, 7) is 0. The number of ether oxygens (including phenoxy) is 1. The molecule has 104 valence electrons. The summed E-state index contributed by atoms with van der Waals surface area (Å²) < 4.78 is 41.3. The standard InChI is InChI=1S/C12H11BrF3NO2/c1-17(8-3-4-8)11(18)9-5-2-7(13)6-10(9)19-12(14,15)16/h2,5-6,8H,3-4H2,1H3. The lowest BCUT2D eigenvalue weighted by atomic mass is 10.1. The minimum Gasteiger partial charge on any atom is -0.405 e. The van der Waals surface area contributed by atoms with E-state index in [1.54, 1.807) is 7.05 Å². The average molecular weight is 338 g/mol. The Kier molecular flexibility index (Phi) is 3.75. The molecule has 7 heteroatoms. The number of amides is 1. The van der Waals surface area contributed by atoms with Crippen LogP contribution in [0.5, 0.6) is 5.75 Å². The van der Waals surface area contributed by atoms with Gasteiger partial charge in [0.2, 0.25) is 0 Å². The summed E-state index contributed by atoms with van der Waals surface area (Å²) >= 11 is 3.06. The predicted molar refractivity (Wildman–Crippen MR) is 65.9 cm³/mol. The predicted octanol–water partition coefficient (Wildman–Crippen LogP) is 3.58. The van der Waals surface area contributed by atoms with Crippen molar-refractivity contribution in [2.24, 2.45) is 0 Å². The maximum absolute atomic E-state index is 12.3. The van der Waals surface area contributed by atoms with E-state index in [1.807, 2.05) is 0 Å². The van der Waals surface area contributed by atoms with Crippen molar-refractivity contribution in [1.29, 1.82) is 0 Å². The van der Waals surface area contributed by atoms with E-state index in [4.69, 9.17) is 0 Å². The zero-order chi connectivity index (χ0) is 14.2. The van der Waals surface area contributed by atoms with Crippen molar-refractivity contribution in [1.82, 2.24) is 4.90 Å². The van der Waals surface area contributed by atoms with Crippen molar-refractivity contribution in [3.05, 3.63) is 28.2 Å². The van der Waals surface area contributed by atoms with Crippen LogP contribution in [0.15, 0.2) is 22.7 Å². The van der Waals surface area contributed by atoms with Crippen LogP contribution in [-0.4, -0.2) is 30.3 Å². The summed E-state index contributed by atoms with van der Waals surface area (Å²) in [5.74, 6) is -0.950. The molecule has 1 saturated carbocycles. The lowest BCUT2D eigenvalue weighted by Gasteiger charge is -2.19. The number of hydrogen-bond donors (Lipinski definition) is 0. The van der Waals surface area contributed by atoms with Crippen LogP contribution < -0.4 is 4.74 Å². The Morgan fingerprint density at radius 3 is 2.58 bits per heavy atom. The number of hydrogen-bond acceptors (Lipinski definition) is 2. The van der Waals surface area contributed by atoms with Crippen molar-refractivity contribution < 1.29 is 22.7 Å². The van der Waals surface area contributed by atoms with Crippen LogP contribution in [0.4, 0.5) is 13.2 Å². The van der Waals surface area contributed by atoms with E-state index in [0.29, 0.717) is 4.47 Å². The van der Waals surface area contributed by atoms with Crippen LogP contribution in [0.3, 0.4) is 0 Å². The number of carbonyl (C=O) groups excluding carboxylic acids is 1. The molecule has 1 aliphatic carbocycles. The van der Waals surface area contributed by atoms with Gasteiger partial charge >= 0.3 is 6.36 Å². The van der Waals surface area contributed by atoms with E-state index in [-0.39, 0.29) is 11.6 Å². The lowest BCUT2D eigenvalue weighted by molar-refractivity contribution is -0.274. The van der Waals surface area contributed by atoms with Gasteiger partial charge in [-0.25, -0.2) is 0 Å². The van der Waals surface area contributed by atoms with Gasteiger partial charge in [-0.05, 0) is 31.0 Å². The van der Waals surface area contributed by atoms with Gasteiger partial charge in [0.15, 0.2) is 0 Å². The lowest BCUT2D eigenvalue weighted by Crippen LogP contribution is -2.30. The molecule has 19 heavy (non-hydrogen) atoms. The molecule has 0 heterocycles. The highest BCUT2D eigenvalue weighted by Crippen LogP contribution is 2.32. The quantitative estimate of drug-likeness (QED) is 0.843. The fraction of sp³-hybridized carbons (Fsp3) is 0.417. The number of halogens is 4. The molecule has 0 saturated heterocycles. The molecule has 1 aliphatic rings. The second-order valence-corrected chi connectivity index (χ2v) is 5.25. The minimum atomic E-state index is -4.83. The molecule has 0 aromatic heterocycles. The third kappa shape index (κ3) is 3.62. The molecule has 0 spiro atoms. The van der Waals surface area contributed by atoms with Crippen molar-refractivity contribution in [3.63, 3.8) is 0 Å². The monoisotopic (exact) mass is 337 g/mol. The van der Waals surface area contributed by atoms with E-state index >= 15 is 0 Å². The highest BCUT2D eigenvalue weighted by atomic mass is 79.9. The van der Waals surface area contributed by atoms with Crippen LogP contribution in [-0.2, 0) is 0 Å². The van der Waals surface area contributed by atoms with Crippen LogP contribution in [0.2, 0.25) is 0 Å². The maximum atomic E-state index is 12.3. The Morgan fingerprint density at radius 2 is 2.05 bits per heavy atom. The molecule has 1 aromatic rings. The van der Waals surface area contributed by atoms with E-state index in [1.165, 1.54) is 17.0 Å². The highest BCUT2D eigenvalue weighted by Gasteiger charge is 2.35. The number of rotatable bonds is 3. The van der Waals surface area contributed by atoms with Crippen LogP contribution in [0, 0.1) is 0 Å². The van der Waals surface area contributed by atoms with Crippen molar-refractivity contribution in [2.75, 3.05) is 7.05 Å². The second-order valence-electron chi connectivity index (χ2n) is 4.34. The molecule has 0 atom stereocenters. The first-order chi connectivity index (χ1) is 8.78. The van der Waals surface area contributed by atoms with Gasteiger partial charge in [-0.15, -0.1) is 13.2 Å². The first-order valence-corrected chi connectivity index (χ1v) is 6.39. The molecule has 1 aromatic carbocycles. The Labute approximate surface area is 116 Å². The molecule has 1 amide bonds. The SMILES string of the molecule is CN(C(=O)c1ccc(Br)cc1OC(F)(F)F)C1CC1. The molecular formula is C12H11BrF3NO2. The summed E-state index contributed by atoms with van der Waals surface area (Å²) in [6.07, 6.45) is -3.06. The van der Waals surface area contributed by atoms with Gasteiger partial charge < -0.3 is 9.64 Å². The zero-order valence-corrected chi connectivity index (χ0v) is 11.6. The van der Waals surface area contributed by atoms with Crippen LogP contribution in [0.1, 0.15) is 23.2 Å². The minimum absolute atomic E-state index is 0.0880. The van der Waals surface area contributed by atoms with Gasteiger partial charge in [0.05, 0.1) is 5.56 Å². The zero-order valence-electron chi connectivity index (χ0n) is 10.00. The number of carbonyl (C=O) groups is 1. The van der Waals surface area contributed by atoms with Crippen molar-refractivity contribution in [3.8, 4) is 5.75 Å². The van der Waals surface area contributed by atoms with Gasteiger partial charge in [-0.3, -0.25) is 4.79 Å². The Hall–Kier alpha value is -1.24. The van der Waals surface area contributed by atoms with Crippen LogP contribution >= 0.6 is 15.9 Å². The van der Waals surface area contributed by atoms with E-state index < -0.39 is 18.0 Å². The number of benzene rings is 1. The van der Waals surface area contributed by atoms with E-state index in [9.17, 15) is 18.0 Å². The molecule has 0 aliphatic heterocycles. The fourth-order valence-corrected chi connectivity index (χ4v) is 2.04. The largest absolute Gasteiger partial charge is 0.573 e. The van der Waals surface area contributed by atoms with E-state index in [0.717, 1.165) is 18.9 Å². The summed E-state index contributed by atoms with van der Waals surface area (Å²) in [5, 5.41) is 0. The molecule has 0 radical (unpaired) electrons. The van der Waals surface area contributed by atoms with Crippen molar-refractivity contribution >= 4 is 21.8 Å². The van der Waals surface area contributed by atoms with Gasteiger partial charge in [0.25, 0.3) is 5.91 Å². The molecule has 1 fully saturated rings.